The van der Waals surface area contributed by atoms with E-state index in [0.29, 0.717) is 11.3 Å². The predicted octanol–water partition coefficient (Wildman–Crippen LogP) is 3.90. The maximum atomic E-state index is 12.4. The van der Waals surface area contributed by atoms with Crippen LogP contribution in [0.25, 0.3) is 12.2 Å². The summed E-state index contributed by atoms with van der Waals surface area (Å²) in [7, 11) is 0. The summed E-state index contributed by atoms with van der Waals surface area (Å²) >= 11 is 0. The van der Waals surface area contributed by atoms with Crippen molar-refractivity contribution in [2.45, 2.75) is 6.92 Å². The Kier molecular flexibility index (Phi) is 4.63. The number of carbonyl (C=O) groups is 1. The molecule has 2 aromatic carbocycles. The Morgan fingerprint density at radius 2 is 2.00 bits per heavy atom. The van der Waals surface area contributed by atoms with Crippen LogP contribution in [-0.4, -0.2) is 11.0 Å². The van der Waals surface area contributed by atoms with E-state index in [1.165, 1.54) is 0 Å². The topological polar surface area (TPSA) is 75.3 Å². The monoisotopic (exact) mass is 294 g/mol. The van der Waals surface area contributed by atoms with Crippen LogP contribution >= 0.6 is 0 Å². The Balaban J connectivity index is 2.46. The highest BCUT2D eigenvalue weighted by molar-refractivity contribution is 6.08. The smallest absolute Gasteiger partial charge is 0.259 e. The van der Waals surface area contributed by atoms with Crippen LogP contribution in [0.5, 0.6) is 5.75 Å². The van der Waals surface area contributed by atoms with Crippen molar-refractivity contribution in [1.29, 1.82) is 0 Å². The number of carbonyl (C=O) groups excluding carboxylic acids is 1. The van der Waals surface area contributed by atoms with Crippen LogP contribution < -0.4 is 11.1 Å². The third-order valence-corrected chi connectivity index (χ3v) is 3.24. The Bertz CT molecular complexity index is 734. The molecule has 4 nitrogen and oxygen atoms in total. The molecule has 0 aliphatic rings. The maximum Gasteiger partial charge on any atom is 0.259 e. The van der Waals surface area contributed by atoms with E-state index in [-0.39, 0.29) is 17.0 Å². The van der Waals surface area contributed by atoms with E-state index in [1.807, 2.05) is 37.3 Å². The van der Waals surface area contributed by atoms with Crippen LogP contribution in [0.1, 0.15) is 28.4 Å². The summed E-state index contributed by atoms with van der Waals surface area (Å²) < 4.78 is 0. The van der Waals surface area contributed by atoms with Crippen molar-refractivity contribution in [3.05, 3.63) is 65.7 Å². The summed E-state index contributed by atoms with van der Waals surface area (Å²) in [6, 6.07) is 10.6. The van der Waals surface area contributed by atoms with Crippen molar-refractivity contribution in [2.75, 3.05) is 11.1 Å². The number of hydrogen-bond donors (Lipinski definition) is 3. The number of allylic oxidation sites excluding steroid dienone is 1. The molecule has 0 fully saturated rings. The van der Waals surface area contributed by atoms with Gasteiger partial charge in [-0.25, -0.2) is 0 Å². The number of phenolic OH excluding ortho intramolecular Hbond substituents is 1. The van der Waals surface area contributed by atoms with Crippen LogP contribution in [-0.2, 0) is 0 Å². The van der Waals surface area contributed by atoms with Gasteiger partial charge >= 0.3 is 0 Å². The van der Waals surface area contributed by atoms with Crippen LogP contribution in [0.15, 0.2) is 49.1 Å². The van der Waals surface area contributed by atoms with E-state index in [2.05, 4.69) is 11.9 Å². The number of nitrogens with one attached hydrogen (secondary N) is 1. The molecule has 112 valence electrons. The normalized spacial score (nSPS) is 10.6. The molecular formula is C18H18N2O2. The first-order valence-electron chi connectivity index (χ1n) is 6.85. The average Bonchev–Trinajstić information content (AvgIpc) is 2.52. The second kappa shape index (κ2) is 6.63. The number of nitrogen functional groups attached to an aromatic ring is 1. The van der Waals surface area contributed by atoms with Gasteiger partial charge in [-0.05, 0) is 30.7 Å². The molecule has 0 aliphatic heterocycles. The zero-order valence-electron chi connectivity index (χ0n) is 12.3. The fourth-order valence-electron chi connectivity index (χ4n) is 2.17. The molecule has 4 N–H and O–H groups in total. The van der Waals surface area contributed by atoms with Crippen LogP contribution in [0.3, 0.4) is 0 Å². The van der Waals surface area contributed by atoms with Gasteiger partial charge in [-0.3, -0.25) is 4.79 Å². The van der Waals surface area contributed by atoms with Crippen LogP contribution in [0, 0.1) is 0 Å². The van der Waals surface area contributed by atoms with Crippen LogP contribution in [0.4, 0.5) is 11.4 Å². The van der Waals surface area contributed by atoms with E-state index >= 15 is 0 Å². The van der Waals surface area contributed by atoms with Crippen molar-refractivity contribution in [3.63, 3.8) is 0 Å². The molecule has 4 heteroatoms. The lowest BCUT2D eigenvalue weighted by Gasteiger charge is -2.13. The molecular weight excluding hydrogens is 276 g/mol. The van der Waals surface area contributed by atoms with E-state index in [0.717, 1.165) is 5.56 Å². The van der Waals surface area contributed by atoms with Gasteiger partial charge in [0.05, 0.1) is 11.3 Å². The first-order chi connectivity index (χ1) is 10.6. The molecule has 2 aromatic rings. The summed E-state index contributed by atoms with van der Waals surface area (Å²) in [4.78, 5) is 12.4. The molecule has 0 unspecified atom stereocenters. The van der Waals surface area contributed by atoms with E-state index in [1.54, 1.807) is 24.3 Å². The molecule has 0 bridgehead atoms. The molecule has 1 amide bonds. The van der Waals surface area contributed by atoms with Crippen molar-refractivity contribution in [2.24, 2.45) is 0 Å². The number of nitrogens with two attached hydrogens (primary N) is 1. The van der Waals surface area contributed by atoms with Gasteiger partial charge in [0.2, 0.25) is 0 Å². The number of phenols is 1. The molecule has 0 saturated heterocycles. The molecule has 0 atom stereocenters. The van der Waals surface area contributed by atoms with Gasteiger partial charge in [0.25, 0.3) is 5.91 Å². The summed E-state index contributed by atoms with van der Waals surface area (Å²) in [5, 5.41) is 12.9. The first-order valence-corrected chi connectivity index (χ1v) is 6.85. The average molecular weight is 294 g/mol. The predicted molar refractivity (Wildman–Crippen MR) is 91.7 cm³/mol. The summed E-state index contributed by atoms with van der Waals surface area (Å²) in [5.74, 6) is -0.659. The summed E-state index contributed by atoms with van der Waals surface area (Å²) in [5.41, 5.74) is 8.16. The second-order valence-corrected chi connectivity index (χ2v) is 4.71. The van der Waals surface area contributed by atoms with Gasteiger partial charge in [-0.2, -0.15) is 0 Å². The lowest BCUT2D eigenvalue weighted by atomic mass is 9.99. The van der Waals surface area contributed by atoms with Gasteiger partial charge in [0.1, 0.15) is 0 Å². The molecule has 2 rings (SSSR count). The molecule has 0 spiro atoms. The summed E-state index contributed by atoms with van der Waals surface area (Å²) in [6.45, 7) is 5.55. The van der Waals surface area contributed by atoms with Gasteiger partial charge in [0, 0.05) is 11.3 Å². The van der Waals surface area contributed by atoms with Gasteiger partial charge in [0.15, 0.2) is 5.75 Å². The third kappa shape index (κ3) is 3.01. The zero-order valence-corrected chi connectivity index (χ0v) is 12.3. The van der Waals surface area contributed by atoms with Crippen molar-refractivity contribution >= 4 is 29.4 Å². The van der Waals surface area contributed by atoms with Crippen molar-refractivity contribution in [1.82, 2.24) is 0 Å². The van der Waals surface area contributed by atoms with E-state index in [4.69, 9.17) is 5.73 Å². The number of benzene rings is 2. The summed E-state index contributed by atoms with van der Waals surface area (Å²) in [6.07, 6.45) is 5.20. The van der Waals surface area contributed by atoms with Gasteiger partial charge in [-0.1, -0.05) is 43.0 Å². The number of aromatic hydroxyl groups is 1. The third-order valence-electron chi connectivity index (χ3n) is 3.24. The molecule has 22 heavy (non-hydrogen) atoms. The second-order valence-electron chi connectivity index (χ2n) is 4.71. The van der Waals surface area contributed by atoms with Crippen molar-refractivity contribution < 1.29 is 9.90 Å². The zero-order chi connectivity index (χ0) is 16.1. The van der Waals surface area contributed by atoms with E-state index < -0.39 is 5.91 Å². The minimum Gasteiger partial charge on any atom is -0.505 e. The number of amides is 1. The molecule has 0 radical (unpaired) electrons. The molecule has 0 aromatic heterocycles. The highest BCUT2D eigenvalue weighted by atomic mass is 16.3. The standard InChI is InChI=1S/C18H18N2O2/c1-3-8-12-11-15(17(21)16(19)14(12)4-2)18(22)20-13-9-6-5-7-10-13/h3-11,21H,2,19H2,1H3,(H,20,22)/b8-3+. The fourth-order valence-corrected chi connectivity index (χ4v) is 2.17. The fraction of sp³-hybridized carbons (Fsp3) is 0.0556. The lowest BCUT2D eigenvalue weighted by molar-refractivity contribution is 0.102. The SMILES string of the molecule is C=Cc1c(/C=C/C)cc(C(=O)Nc2ccccc2)c(O)c1N. The van der Waals surface area contributed by atoms with E-state index in [9.17, 15) is 9.90 Å². The number of hydrogen-bond acceptors (Lipinski definition) is 3. The molecule has 0 saturated carbocycles. The molecule has 0 aliphatic carbocycles. The van der Waals surface area contributed by atoms with Crippen LogP contribution in [0.2, 0.25) is 0 Å². The minimum atomic E-state index is -0.420. The number of para-hydroxylation sites is 1. The lowest BCUT2D eigenvalue weighted by Crippen LogP contribution is -2.13. The Morgan fingerprint density at radius 1 is 1.32 bits per heavy atom. The number of rotatable bonds is 4. The quantitative estimate of drug-likeness (QED) is 0.591. The Morgan fingerprint density at radius 3 is 2.59 bits per heavy atom. The Labute approximate surface area is 129 Å². The highest BCUT2D eigenvalue weighted by Gasteiger charge is 2.18. The Hall–Kier alpha value is -3.01. The van der Waals surface area contributed by atoms with Gasteiger partial charge in [-0.15, -0.1) is 0 Å². The number of anilines is 2. The molecule has 0 heterocycles. The largest absolute Gasteiger partial charge is 0.505 e. The van der Waals surface area contributed by atoms with Crippen molar-refractivity contribution in [3.8, 4) is 5.75 Å². The highest BCUT2D eigenvalue weighted by Crippen LogP contribution is 2.33. The first kappa shape index (κ1) is 15.4. The minimum absolute atomic E-state index is 0.125. The van der Waals surface area contributed by atoms with Gasteiger partial charge < -0.3 is 16.2 Å². The maximum absolute atomic E-state index is 12.4.